The molecule has 3 aromatic rings. The van der Waals surface area contributed by atoms with E-state index in [1.807, 2.05) is 26.8 Å². The summed E-state index contributed by atoms with van der Waals surface area (Å²) < 4.78 is 9.35. The van der Waals surface area contributed by atoms with Crippen LogP contribution in [0.3, 0.4) is 0 Å². The summed E-state index contributed by atoms with van der Waals surface area (Å²) in [6.07, 6.45) is 0. The van der Waals surface area contributed by atoms with Gasteiger partial charge in [-0.25, -0.2) is 19.4 Å². The molecule has 1 heterocycles. The number of benzene rings is 2. The molecule has 0 aliphatic carbocycles. The zero-order valence-electron chi connectivity index (χ0n) is 14.1. The first-order valence-corrected chi connectivity index (χ1v) is 8.35. The lowest BCUT2D eigenvalue weighted by molar-refractivity contribution is -0.187. The molecule has 136 valence electrons. The van der Waals surface area contributed by atoms with Gasteiger partial charge in [-0.05, 0) is 29.2 Å². The summed E-state index contributed by atoms with van der Waals surface area (Å²) in [4.78, 5) is 33.6. The van der Waals surface area contributed by atoms with E-state index in [2.05, 4.69) is 18.9 Å². The smallest absolute Gasteiger partial charge is 0.285 e. The van der Waals surface area contributed by atoms with Gasteiger partial charge in [0.25, 0.3) is 0 Å². The maximum atomic E-state index is 12.2. The number of halogens is 2. The van der Waals surface area contributed by atoms with E-state index in [9.17, 15) is 9.59 Å². The first-order valence-electron chi connectivity index (χ1n) is 7.59. The highest BCUT2D eigenvalue weighted by molar-refractivity contribution is 6.37. The molecule has 6 nitrogen and oxygen atoms in total. The molecule has 2 aromatic carbocycles. The van der Waals surface area contributed by atoms with Gasteiger partial charge in [-0.15, -0.1) is 0 Å². The Hall–Kier alpha value is -2.44. The number of carbonyl (C=O) groups excluding carboxylic acids is 2. The summed E-state index contributed by atoms with van der Waals surface area (Å²) in [5.41, 5.74) is 1.17. The summed E-state index contributed by atoms with van der Waals surface area (Å²) in [5.74, 6) is -1.85. The van der Waals surface area contributed by atoms with Crippen LogP contribution >= 0.6 is 23.2 Å². The van der Waals surface area contributed by atoms with Gasteiger partial charge in [0.05, 0.1) is 16.1 Å². The van der Waals surface area contributed by atoms with Crippen molar-refractivity contribution in [2.24, 2.45) is 0 Å². The predicted octanol–water partition coefficient (Wildman–Crippen LogP) is 5.56. The lowest BCUT2D eigenvalue weighted by atomic mass is 9.86. The molecular weight excluding hydrogens is 383 g/mol. The number of hydrogen-bond donors (Lipinski definition) is 0. The lowest BCUT2D eigenvalue weighted by Crippen LogP contribution is -2.16. The molecule has 0 aliphatic heterocycles. The van der Waals surface area contributed by atoms with Gasteiger partial charge in [0.1, 0.15) is 5.02 Å². The normalized spacial score (nSPS) is 11.6. The molecule has 0 fully saturated rings. The second-order valence-corrected chi connectivity index (χ2v) is 7.34. The van der Waals surface area contributed by atoms with Crippen LogP contribution in [-0.4, -0.2) is 11.9 Å². The van der Waals surface area contributed by atoms with Gasteiger partial charge < -0.3 is 0 Å². The van der Waals surface area contributed by atoms with Crippen molar-refractivity contribution in [2.75, 3.05) is 0 Å². The van der Waals surface area contributed by atoms with Crippen molar-refractivity contribution in [1.29, 1.82) is 0 Å². The van der Waals surface area contributed by atoms with Crippen molar-refractivity contribution in [3.63, 3.8) is 0 Å². The summed E-state index contributed by atoms with van der Waals surface area (Å²) in [6, 6.07) is 7.82. The summed E-state index contributed by atoms with van der Waals surface area (Å²) in [5, 5.41) is 0.244. The fraction of sp³-hybridized carbons (Fsp3) is 0.222. The van der Waals surface area contributed by atoms with Gasteiger partial charge in [0, 0.05) is 0 Å². The molecule has 0 amide bonds. The Balaban J connectivity index is 1.75. The van der Waals surface area contributed by atoms with Crippen LogP contribution in [0.1, 0.15) is 47.1 Å². The topological polar surface area (TPSA) is 78.9 Å². The average molecular weight is 397 g/mol. The molecule has 0 radical (unpaired) electrons. The van der Waals surface area contributed by atoms with Crippen LogP contribution in [-0.2, 0) is 15.2 Å². The van der Waals surface area contributed by atoms with Crippen molar-refractivity contribution in [2.45, 2.75) is 26.2 Å². The lowest BCUT2D eigenvalue weighted by Gasteiger charge is -2.21. The monoisotopic (exact) mass is 396 g/mol. The van der Waals surface area contributed by atoms with Crippen LogP contribution in [0.5, 0.6) is 0 Å². The van der Waals surface area contributed by atoms with E-state index in [0.29, 0.717) is 5.58 Å². The third kappa shape index (κ3) is 3.30. The molecule has 0 spiro atoms. The van der Waals surface area contributed by atoms with E-state index in [0.717, 1.165) is 5.56 Å². The molecule has 8 heteroatoms. The minimum Gasteiger partial charge on any atom is -0.285 e. The second kappa shape index (κ2) is 6.70. The highest BCUT2D eigenvalue weighted by Crippen LogP contribution is 2.33. The van der Waals surface area contributed by atoms with Gasteiger partial charge in [0.2, 0.25) is 11.2 Å². The Kier molecular flexibility index (Phi) is 4.73. The van der Waals surface area contributed by atoms with Crippen LogP contribution in [0.15, 0.2) is 39.5 Å². The Labute approximate surface area is 158 Å². The second-order valence-electron chi connectivity index (χ2n) is 6.58. The zero-order valence-corrected chi connectivity index (χ0v) is 15.6. The van der Waals surface area contributed by atoms with Gasteiger partial charge in [-0.3, -0.25) is 9.15 Å². The molecule has 1 aromatic heterocycles. The summed E-state index contributed by atoms with van der Waals surface area (Å²) >= 11 is 12.3. The van der Waals surface area contributed by atoms with E-state index >= 15 is 0 Å². The standard InChI is InChI=1S/C18H14Cl2O6/c1-18(2,3)11-6-4-5-9(13(11)19)16(21)25-26-17(22)10-7-8-12-15(14(10)20)24-23-12/h4-8H,1-3H3. The number of rotatable bonds is 2. The van der Waals surface area contributed by atoms with E-state index < -0.39 is 11.9 Å². The Morgan fingerprint density at radius 1 is 0.885 bits per heavy atom. The van der Waals surface area contributed by atoms with Crippen molar-refractivity contribution >= 4 is 46.3 Å². The van der Waals surface area contributed by atoms with Crippen molar-refractivity contribution < 1.29 is 28.5 Å². The van der Waals surface area contributed by atoms with Crippen LogP contribution in [0.4, 0.5) is 0 Å². The van der Waals surface area contributed by atoms with Crippen molar-refractivity contribution in [3.8, 4) is 0 Å². The predicted molar refractivity (Wildman–Crippen MR) is 94.5 cm³/mol. The molecule has 0 aliphatic rings. The average Bonchev–Trinajstić information content (AvgIpc) is 2.53. The van der Waals surface area contributed by atoms with Crippen molar-refractivity contribution in [3.05, 3.63) is 57.1 Å². The number of fused-ring (bicyclic) bond motifs is 1. The molecule has 3 rings (SSSR count). The minimum absolute atomic E-state index is 0.00237. The van der Waals surface area contributed by atoms with E-state index in [4.69, 9.17) is 23.2 Å². The largest absolute Gasteiger partial charge is 0.387 e. The van der Waals surface area contributed by atoms with Crippen LogP contribution < -0.4 is 0 Å². The number of hydrogen-bond acceptors (Lipinski definition) is 6. The first kappa shape index (κ1) is 18.4. The van der Waals surface area contributed by atoms with Gasteiger partial charge in [-0.2, -0.15) is 0 Å². The molecule has 0 atom stereocenters. The highest BCUT2D eigenvalue weighted by Gasteiger charge is 2.25. The fourth-order valence-electron chi connectivity index (χ4n) is 2.33. The summed E-state index contributed by atoms with van der Waals surface area (Å²) in [7, 11) is 0. The molecule has 0 unspecified atom stereocenters. The fourth-order valence-corrected chi connectivity index (χ4v) is 3.08. The molecular formula is C18H14Cl2O6. The van der Waals surface area contributed by atoms with Gasteiger partial charge in [-0.1, -0.05) is 56.1 Å². The van der Waals surface area contributed by atoms with Gasteiger partial charge >= 0.3 is 11.9 Å². The van der Waals surface area contributed by atoms with Crippen molar-refractivity contribution in [1.82, 2.24) is 0 Å². The third-order valence-corrected chi connectivity index (χ3v) is 4.50. The number of carbonyl (C=O) groups is 2. The molecule has 0 saturated heterocycles. The minimum atomic E-state index is -0.954. The van der Waals surface area contributed by atoms with Gasteiger partial charge in [0.15, 0.2) is 0 Å². The SMILES string of the molecule is CC(C)(C)c1cccc(C(=O)OOC(=O)c2ccc3ooc3c2Cl)c1Cl. The van der Waals surface area contributed by atoms with E-state index in [-0.39, 0.29) is 32.2 Å². The van der Waals surface area contributed by atoms with E-state index in [1.54, 1.807) is 6.07 Å². The van der Waals surface area contributed by atoms with Crippen LogP contribution in [0.25, 0.3) is 11.2 Å². The maximum absolute atomic E-state index is 12.2. The quantitative estimate of drug-likeness (QED) is 0.416. The third-order valence-electron chi connectivity index (χ3n) is 3.72. The highest BCUT2D eigenvalue weighted by atomic mass is 35.5. The summed E-state index contributed by atoms with van der Waals surface area (Å²) in [6.45, 7) is 5.88. The molecule has 0 saturated carbocycles. The Bertz CT molecular complexity index is 993. The molecule has 0 N–H and O–H groups in total. The molecule has 26 heavy (non-hydrogen) atoms. The van der Waals surface area contributed by atoms with Crippen LogP contribution in [0.2, 0.25) is 10.0 Å². The molecule has 0 bridgehead atoms. The Morgan fingerprint density at radius 3 is 2.04 bits per heavy atom. The maximum Gasteiger partial charge on any atom is 0.387 e. The zero-order chi connectivity index (χ0) is 19.1. The van der Waals surface area contributed by atoms with Crippen LogP contribution in [0, 0.1) is 0 Å². The first-order chi connectivity index (χ1) is 12.2. The Morgan fingerprint density at radius 2 is 1.50 bits per heavy atom. The van der Waals surface area contributed by atoms with E-state index in [1.165, 1.54) is 18.2 Å².